The first-order valence-corrected chi connectivity index (χ1v) is 8.66. The highest BCUT2D eigenvalue weighted by atomic mass is 19.1. The van der Waals surface area contributed by atoms with Crippen LogP contribution in [0.2, 0.25) is 0 Å². The smallest absolute Gasteiger partial charge is 0.229 e. The second-order valence-corrected chi connectivity index (χ2v) is 6.02. The number of nitrogens with two attached hydrogens (primary N) is 2. The van der Waals surface area contributed by atoms with Gasteiger partial charge in [-0.3, -0.25) is 0 Å². The Morgan fingerprint density at radius 3 is 2.75 bits per heavy atom. The first-order valence-electron chi connectivity index (χ1n) is 8.66. The third-order valence-electron chi connectivity index (χ3n) is 4.23. The van der Waals surface area contributed by atoms with Gasteiger partial charge in [-0.1, -0.05) is 0 Å². The molecule has 28 heavy (non-hydrogen) atoms. The minimum atomic E-state index is -0.345. The average Bonchev–Trinajstić information content (AvgIpc) is 3.07. The molecule has 0 aliphatic heterocycles. The summed E-state index contributed by atoms with van der Waals surface area (Å²) < 4.78 is 15.6. The first kappa shape index (κ1) is 17.7. The Bertz CT molecular complexity index is 1160. The minimum absolute atomic E-state index is 0.106. The number of fused-ring (bicyclic) bond motifs is 1. The monoisotopic (exact) mass is 379 g/mol. The van der Waals surface area contributed by atoms with E-state index in [0.717, 1.165) is 0 Å². The first-order chi connectivity index (χ1) is 13.6. The molecule has 10 heteroatoms. The van der Waals surface area contributed by atoms with Crippen molar-refractivity contribution in [1.29, 1.82) is 0 Å². The number of rotatable bonds is 5. The fraction of sp³-hybridized carbons (Fsp3) is 0.167. The molecule has 0 aliphatic rings. The summed E-state index contributed by atoms with van der Waals surface area (Å²) in [6.45, 7) is 2.72. The van der Waals surface area contributed by atoms with Crippen LogP contribution in [0.5, 0.6) is 0 Å². The molecular formula is C18H18FN9. The third kappa shape index (κ3) is 3.21. The molecule has 0 unspecified atom stereocenters. The Balaban J connectivity index is 1.74. The molecule has 0 fully saturated rings. The lowest BCUT2D eigenvalue weighted by molar-refractivity contribution is 0.611. The standard InChI is InChI=1S/C18H18FN9/c1-2-28-15(13-5-6-22-17(21)26-13)25-14-9-23-18(27-16(14)28)24-11-3-4-12(19)10(7-11)8-20/h3-7,9H,2,8,20H2,1H3,(H2,21,22,26)(H,23,24,27). The molecule has 0 radical (unpaired) electrons. The molecule has 3 aromatic heterocycles. The molecule has 142 valence electrons. The van der Waals surface area contributed by atoms with Gasteiger partial charge < -0.3 is 21.4 Å². The van der Waals surface area contributed by atoms with E-state index in [1.165, 1.54) is 6.07 Å². The van der Waals surface area contributed by atoms with E-state index in [1.54, 1.807) is 30.6 Å². The van der Waals surface area contributed by atoms with Crippen molar-refractivity contribution in [3.8, 4) is 11.5 Å². The fourth-order valence-electron chi connectivity index (χ4n) is 2.91. The van der Waals surface area contributed by atoms with Gasteiger partial charge >= 0.3 is 0 Å². The highest BCUT2D eigenvalue weighted by molar-refractivity contribution is 5.77. The van der Waals surface area contributed by atoms with Gasteiger partial charge in [0, 0.05) is 30.5 Å². The van der Waals surface area contributed by atoms with E-state index in [-0.39, 0.29) is 18.3 Å². The summed E-state index contributed by atoms with van der Waals surface area (Å²) in [6, 6.07) is 6.34. The molecule has 0 amide bonds. The number of aromatic nitrogens is 6. The van der Waals surface area contributed by atoms with Crippen LogP contribution in [0.25, 0.3) is 22.7 Å². The molecule has 4 rings (SSSR count). The summed E-state index contributed by atoms with van der Waals surface area (Å²) in [5, 5.41) is 3.08. The van der Waals surface area contributed by atoms with Gasteiger partial charge in [0.05, 0.1) is 6.20 Å². The van der Waals surface area contributed by atoms with Crippen molar-refractivity contribution in [3.63, 3.8) is 0 Å². The highest BCUT2D eigenvalue weighted by Gasteiger charge is 2.15. The van der Waals surface area contributed by atoms with E-state index in [1.807, 2.05) is 11.5 Å². The SMILES string of the molecule is CCn1c(-c2ccnc(N)n2)nc2cnc(Nc3ccc(F)c(CN)c3)nc21. The molecule has 5 N–H and O–H groups in total. The lowest BCUT2D eigenvalue weighted by atomic mass is 10.2. The van der Waals surface area contributed by atoms with Crippen LogP contribution in [0.3, 0.4) is 0 Å². The third-order valence-corrected chi connectivity index (χ3v) is 4.23. The Morgan fingerprint density at radius 1 is 1.14 bits per heavy atom. The van der Waals surface area contributed by atoms with E-state index >= 15 is 0 Å². The topological polar surface area (TPSA) is 133 Å². The van der Waals surface area contributed by atoms with Crippen molar-refractivity contribution in [1.82, 2.24) is 29.5 Å². The van der Waals surface area contributed by atoms with E-state index in [2.05, 4.69) is 30.2 Å². The predicted octanol–water partition coefficient (Wildman–Crippen LogP) is 2.23. The van der Waals surface area contributed by atoms with Gasteiger partial charge in [-0.15, -0.1) is 0 Å². The van der Waals surface area contributed by atoms with E-state index < -0.39 is 0 Å². The number of nitrogens with zero attached hydrogens (tertiary/aromatic N) is 6. The van der Waals surface area contributed by atoms with Crippen molar-refractivity contribution in [2.24, 2.45) is 5.73 Å². The Labute approximate surface area is 159 Å². The normalized spacial score (nSPS) is 11.1. The summed E-state index contributed by atoms with van der Waals surface area (Å²) in [5.74, 6) is 0.825. The van der Waals surface area contributed by atoms with E-state index in [0.29, 0.717) is 46.4 Å². The van der Waals surface area contributed by atoms with Gasteiger partial charge in [0.1, 0.15) is 17.0 Å². The number of imidazole rings is 1. The van der Waals surface area contributed by atoms with Crippen LogP contribution >= 0.6 is 0 Å². The van der Waals surface area contributed by atoms with E-state index in [9.17, 15) is 4.39 Å². The second kappa shape index (κ2) is 7.16. The van der Waals surface area contributed by atoms with Crippen LogP contribution in [0, 0.1) is 5.82 Å². The van der Waals surface area contributed by atoms with Crippen LogP contribution in [0.15, 0.2) is 36.7 Å². The molecule has 0 spiro atoms. The summed E-state index contributed by atoms with van der Waals surface area (Å²) in [6.07, 6.45) is 3.21. The molecule has 4 aromatic rings. The van der Waals surface area contributed by atoms with E-state index in [4.69, 9.17) is 11.5 Å². The molecule has 9 nitrogen and oxygen atoms in total. The molecule has 0 bridgehead atoms. The van der Waals surface area contributed by atoms with Crippen molar-refractivity contribution < 1.29 is 4.39 Å². The number of anilines is 3. The van der Waals surface area contributed by atoms with Gasteiger partial charge in [-0.05, 0) is 31.2 Å². The molecule has 0 saturated carbocycles. The van der Waals surface area contributed by atoms with Crippen LogP contribution in [-0.2, 0) is 13.1 Å². The van der Waals surface area contributed by atoms with Gasteiger partial charge in [-0.25, -0.2) is 24.3 Å². The molecule has 3 heterocycles. The van der Waals surface area contributed by atoms with Crippen molar-refractivity contribution >= 4 is 28.7 Å². The van der Waals surface area contributed by atoms with Crippen LogP contribution in [0.1, 0.15) is 12.5 Å². The van der Waals surface area contributed by atoms with Crippen molar-refractivity contribution in [2.45, 2.75) is 20.0 Å². The maximum atomic E-state index is 13.6. The summed E-state index contributed by atoms with van der Waals surface area (Å²) in [5.41, 5.74) is 14.2. The number of hydrogen-bond acceptors (Lipinski definition) is 8. The molecule has 1 aromatic carbocycles. The van der Waals surface area contributed by atoms with Gasteiger partial charge in [-0.2, -0.15) is 4.98 Å². The molecule has 0 saturated heterocycles. The van der Waals surface area contributed by atoms with Crippen molar-refractivity contribution in [2.75, 3.05) is 11.1 Å². The highest BCUT2D eigenvalue weighted by Crippen LogP contribution is 2.24. The summed E-state index contributed by atoms with van der Waals surface area (Å²) >= 11 is 0. The minimum Gasteiger partial charge on any atom is -0.368 e. The number of nitrogen functional groups attached to an aromatic ring is 1. The van der Waals surface area contributed by atoms with Crippen LogP contribution in [-0.4, -0.2) is 29.5 Å². The summed E-state index contributed by atoms with van der Waals surface area (Å²) in [4.78, 5) is 21.6. The maximum absolute atomic E-state index is 13.6. The lowest BCUT2D eigenvalue weighted by Crippen LogP contribution is -2.04. The number of nitrogens with one attached hydrogen (secondary N) is 1. The second-order valence-electron chi connectivity index (χ2n) is 6.02. The van der Waals surface area contributed by atoms with Crippen molar-refractivity contribution in [3.05, 3.63) is 48.0 Å². The van der Waals surface area contributed by atoms with Gasteiger partial charge in [0.25, 0.3) is 0 Å². The number of benzene rings is 1. The van der Waals surface area contributed by atoms with Crippen LogP contribution in [0.4, 0.5) is 22.0 Å². The fourth-order valence-corrected chi connectivity index (χ4v) is 2.91. The number of halogens is 1. The van der Waals surface area contributed by atoms with Gasteiger partial charge in [0.15, 0.2) is 11.5 Å². The zero-order valence-corrected chi connectivity index (χ0v) is 15.1. The number of hydrogen-bond donors (Lipinski definition) is 3. The predicted molar refractivity (Wildman–Crippen MR) is 104 cm³/mol. The Kier molecular flexibility index (Phi) is 4.53. The Morgan fingerprint density at radius 2 is 2.00 bits per heavy atom. The molecular weight excluding hydrogens is 361 g/mol. The van der Waals surface area contributed by atoms with Crippen LogP contribution < -0.4 is 16.8 Å². The molecule has 0 aliphatic carbocycles. The Hall–Kier alpha value is -3.66. The lowest BCUT2D eigenvalue weighted by Gasteiger charge is -2.08. The largest absolute Gasteiger partial charge is 0.368 e. The quantitative estimate of drug-likeness (QED) is 0.481. The summed E-state index contributed by atoms with van der Waals surface area (Å²) in [7, 11) is 0. The maximum Gasteiger partial charge on any atom is 0.229 e. The average molecular weight is 379 g/mol. The zero-order chi connectivity index (χ0) is 19.7. The molecule has 0 atom stereocenters. The van der Waals surface area contributed by atoms with Gasteiger partial charge in [0.2, 0.25) is 11.9 Å². The zero-order valence-electron chi connectivity index (χ0n) is 15.1. The number of aryl methyl sites for hydroxylation is 1.